The molecule has 0 saturated carbocycles. The van der Waals surface area contributed by atoms with Gasteiger partial charge in [-0.3, -0.25) is 43.4 Å². The van der Waals surface area contributed by atoms with Crippen molar-refractivity contribution in [3.05, 3.63) is 40.4 Å². The molecule has 1 heterocycles. The quantitative estimate of drug-likeness (QED) is 0.0877. The van der Waals surface area contributed by atoms with Crippen molar-refractivity contribution in [3.63, 3.8) is 0 Å². The van der Waals surface area contributed by atoms with E-state index in [0.29, 0.717) is 30.5 Å². The highest BCUT2D eigenvalue weighted by Gasteiger charge is 2.34. The van der Waals surface area contributed by atoms with Gasteiger partial charge in [-0.25, -0.2) is 4.79 Å². The van der Waals surface area contributed by atoms with Gasteiger partial charge < -0.3 is 35.6 Å². The lowest BCUT2D eigenvalue weighted by atomic mass is 9.91. The number of carbonyl (C=O) groups excluding carboxylic acids is 8. The maximum Gasteiger partial charge on any atom is 0.410 e. The Hall–Kier alpha value is -4.84. The number of benzene rings is 1. The van der Waals surface area contributed by atoms with Crippen LogP contribution in [-0.2, 0) is 49.6 Å². The number of ether oxygens (including phenoxy) is 2. The summed E-state index contributed by atoms with van der Waals surface area (Å²) in [7, 11) is 4.80. The van der Waals surface area contributed by atoms with E-state index in [9.17, 15) is 38.4 Å². The van der Waals surface area contributed by atoms with Crippen molar-refractivity contribution in [2.24, 2.45) is 11.8 Å². The van der Waals surface area contributed by atoms with Crippen molar-refractivity contribution in [1.29, 1.82) is 0 Å². The van der Waals surface area contributed by atoms with Gasteiger partial charge in [-0.2, -0.15) is 0 Å². The fraction of sp³-hybridized carbons (Fsp3) is 0.610. The van der Waals surface area contributed by atoms with Crippen LogP contribution in [0.5, 0.6) is 0 Å². The molecule has 18 heteroatoms. The van der Waals surface area contributed by atoms with Crippen LogP contribution in [0, 0.1) is 11.8 Å². The van der Waals surface area contributed by atoms with E-state index in [-0.39, 0.29) is 84.8 Å². The first-order chi connectivity index (χ1) is 27.9. The predicted molar refractivity (Wildman–Crippen MR) is 225 cm³/mol. The summed E-state index contributed by atoms with van der Waals surface area (Å²) in [6, 6.07) is 4.52. The van der Waals surface area contributed by atoms with Crippen LogP contribution in [0.1, 0.15) is 85.6 Å². The second-order valence-corrected chi connectivity index (χ2v) is 15.8. The molecule has 0 radical (unpaired) electrons. The van der Waals surface area contributed by atoms with E-state index in [1.165, 1.54) is 24.9 Å². The van der Waals surface area contributed by atoms with Gasteiger partial charge in [0.1, 0.15) is 18.7 Å². The summed E-state index contributed by atoms with van der Waals surface area (Å²) < 4.78 is 11.4. The van der Waals surface area contributed by atoms with Gasteiger partial charge in [-0.05, 0) is 71.6 Å². The maximum atomic E-state index is 13.3. The summed E-state index contributed by atoms with van der Waals surface area (Å²) in [6.07, 6.45) is 3.72. The molecular formula is C41H62BrN7O10. The predicted octanol–water partition coefficient (Wildman–Crippen LogP) is 3.46. The number of nitrogens with zero attached hydrogens (tertiary/aromatic N) is 3. The number of imide groups is 1. The molecule has 0 bridgehead atoms. The average molecular weight is 893 g/mol. The van der Waals surface area contributed by atoms with E-state index < -0.39 is 35.9 Å². The SMILES string of the molecule is CCC(OC)C([C@H](C)CC)N(C)C(=O)CNC(=O)C(C(C)C)N(C)C(=O)OCc1ccc(NC(=O)C(C)NC(=O)CNC(=O)CCCCCN2C(=O)C=C(Br)C2=O)cc1. The topological polar surface area (TPSA) is 213 Å². The monoisotopic (exact) mass is 891 g/mol. The van der Waals surface area contributed by atoms with Crippen LogP contribution in [0.3, 0.4) is 0 Å². The fourth-order valence-corrected chi connectivity index (χ4v) is 7.02. The molecule has 1 aliphatic rings. The second-order valence-electron chi connectivity index (χ2n) is 15.0. The maximum absolute atomic E-state index is 13.3. The van der Waals surface area contributed by atoms with Crippen LogP contribution in [0.15, 0.2) is 34.8 Å². The molecule has 4 N–H and O–H groups in total. The number of rotatable bonds is 24. The van der Waals surface area contributed by atoms with E-state index in [1.54, 1.807) is 57.2 Å². The van der Waals surface area contributed by atoms with Crippen LogP contribution in [-0.4, -0.2) is 127 Å². The average Bonchev–Trinajstić information content (AvgIpc) is 3.45. The zero-order valence-corrected chi connectivity index (χ0v) is 37.3. The summed E-state index contributed by atoms with van der Waals surface area (Å²) in [6.45, 7) is 10.8. The van der Waals surface area contributed by atoms with Crippen molar-refractivity contribution in [3.8, 4) is 0 Å². The van der Waals surface area contributed by atoms with Crippen molar-refractivity contribution >= 4 is 69.1 Å². The Labute approximate surface area is 355 Å². The molecule has 5 atom stereocenters. The molecule has 4 unspecified atom stereocenters. The molecule has 0 fully saturated rings. The number of halogens is 1. The molecule has 0 saturated heterocycles. The summed E-state index contributed by atoms with van der Waals surface area (Å²) in [5, 5.41) is 10.4. The van der Waals surface area contributed by atoms with E-state index in [4.69, 9.17) is 9.47 Å². The Bertz CT molecular complexity index is 1670. The van der Waals surface area contributed by atoms with Gasteiger partial charge in [-0.1, -0.05) is 59.6 Å². The van der Waals surface area contributed by atoms with Gasteiger partial charge in [-0.15, -0.1) is 0 Å². The second kappa shape index (κ2) is 24.9. The molecule has 328 valence electrons. The van der Waals surface area contributed by atoms with Crippen LogP contribution in [0.25, 0.3) is 0 Å². The molecule has 17 nitrogen and oxygen atoms in total. The standard InChI is InChI=1S/C41H62BrN7O10/c1-10-26(5)37(31(11-2)58-9)47(7)35(53)23-44-39(55)36(25(3)4)48(8)41(57)59-24-28-16-18-29(19-17-28)46-38(54)27(6)45-33(51)22-43-32(50)15-13-12-14-20-49-34(52)21-30(42)40(49)56/h16-19,21,25-27,31,36-37H,10-15,20,22-24H2,1-9H3,(H,43,50)(H,44,55)(H,45,51)(H,46,54)/t26-,27?,31?,36?,37?/m1/s1. The minimum Gasteiger partial charge on any atom is -0.445 e. The van der Waals surface area contributed by atoms with Crippen molar-refractivity contribution in [1.82, 2.24) is 30.7 Å². The number of amides is 8. The third kappa shape index (κ3) is 15.7. The van der Waals surface area contributed by atoms with Crippen LogP contribution in [0.4, 0.5) is 10.5 Å². The first kappa shape index (κ1) is 50.3. The third-order valence-corrected chi connectivity index (χ3v) is 10.8. The van der Waals surface area contributed by atoms with Crippen molar-refractivity contribution in [2.45, 2.75) is 111 Å². The van der Waals surface area contributed by atoms with E-state index in [0.717, 1.165) is 17.7 Å². The van der Waals surface area contributed by atoms with Crippen molar-refractivity contribution in [2.75, 3.05) is 46.2 Å². The number of anilines is 1. The number of carbonyl (C=O) groups is 8. The largest absolute Gasteiger partial charge is 0.445 e. The third-order valence-electron chi connectivity index (χ3n) is 10.2. The highest BCUT2D eigenvalue weighted by molar-refractivity contribution is 9.12. The molecule has 2 rings (SSSR count). The number of nitrogens with one attached hydrogen (secondary N) is 4. The minimum atomic E-state index is -0.919. The first-order valence-electron chi connectivity index (χ1n) is 20.0. The molecule has 1 aromatic carbocycles. The molecule has 1 aliphatic heterocycles. The molecule has 8 amide bonds. The number of unbranched alkanes of at least 4 members (excludes halogenated alkanes) is 2. The lowest BCUT2D eigenvalue weighted by Crippen LogP contribution is -2.54. The smallest absolute Gasteiger partial charge is 0.410 e. The molecule has 1 aromatic rings. The zero-order valence-electron chi connectivity index (χ0n) is 35.7. The molecule has 0 aromatic heterocycles. The highest BCUT2D eigenvalue weighted by Crippen LogP contribution is 2.22. The van der Waals surface area contributed by atoms with Gasteiger partial charge in [0.15, 0.2) is 0 Å². The first-order valence-corrected chi connectivity index (χ1v) is 20.8. The van der Waals surface area contributed by atoms with Gasteiger partial charge in [0.25, 0.3) is 11.8 Å². The van der Waals surface area contributed by atoms with E-state index >= 15 is 0 Å². The minimum absolute atomic E-state index is 0.114. The fourth-order valence-electron chi connectivity index (χ4n) is 6.61. The van der Waals surface area contributed by atoms with Gasteiger partial charge in [0.2, 0.25) is 29.5 Å². The molecule has 0 aliphatic carbocycles. The highest BCUT2D eigenvalue weighted by atomic mass is 79.9. The number of likely N-dealkylation sites (N-methyl/N-ethyl adjacent to an activating group) is 2. The summed E-state index contributed by atoms with van der Waals surface area (Å²) in [4.78, 5) is 104. The summed E-state index contributed by atoms with van der Waals surface area (Å²) in [5.74, 6) is -3.02. The number of hydrogen-bond donors (Lipinski definition) is 4. The Morgan fingerprint density at radius 1 is 0.831 bits per heavy atom. The normalized spacial score (nSPS) is 15.0. The Morgan fingerprint density at radius 3 is 2.05 bits per heavy atom. The van der Waals surface area contributed by atoms with Crippen molar-refractivity contribution < 1.29 is 47.8 Å². The van der Waals surface area contributed by atoms with Gasteiger partial charge >= 0.3 is 6.09 Å². The van der Waals surface area contributed by atoms with Gasteiger partial charge in [0.05, 0.1) is 29.7 Å². The molecule has 59 heavy (non-hydrogen) atoms. The van der Waals surface area contributed by atoms with Crippen LogP contribution in [0.2, 0.25) is 0 Å². The number of hydrogen-bond acceptors (Lipinski definition) is 10. The van der Waals surface area contributed by atoms with E-state index in [1.807, 2.05) is 6.92 Å². The molecule has 0 spiro atoms. The van der Waals surface area contributed by atoms with Crippen LogP contribution < -0.4 is 21.3 Å². The lowest BCUT2D eigenvalue weighted by Gasteiger charge is -2.37. The Morgan fingerprint density at radius 2 is 1.49 bits per heavy atom. The summed E-state index contributed by atoms with van der Waals surface area (Å²) in [5.41, 5.74) is 1.04. The zero-order chi connectivity index (χ0) is 44.4. The van der Waals surface area contributed by atoms with E-state index in [2.05, 4.69) is 51.0 Å². The Kier molecular flexibility index (Phi) is 21.3. The van der Waals surface area contributed by atoms with Crippen LogP contribution >= 0.6 is 15.9 Å². The Balaban J connectivity index is 1.77. The number of methoxy groups -OCH3 is 1. The lowest BCUT2D eigenvalue weighted by molar-refractivity contribution is -0.138. The molecular weight excluding hydrogens is 830 g/mol. The van der Waals surface area contributed by atoms with Gasteiger partial charge in [0, 0.05) is 45.9 Å². The summed E-state index contributed by atoms with van der Waals surface area (Å²) >= 11 is 3.04.